The van der Waals surface area contributed by atoms with E-state index in [-0.39, 0.29) is 22.6 Å². The van der Waals surface area contributed by atoms with E-state index >= 15 is 0 Å². The number of carboxylic acid groups (broad SMARTS) is 1. The van der Waals surface area contributed by atoms with Gasteiger partial charge in [0.2, 0.25) is 17.4 Å². The van der Waals surface area contributed by atoms with Gasteiger partial charge in [-0.05, 0) is 11.6 Å². The number of nitrogen functional groups attached to an aromatic ring is 1. The van der Waals surface area contributed by atoms with Gasteiger partial charge in [0.25, 0.3) is 18.7 Å². The third kappa shape index (κ3) is 4.92. The molecule has 14 nitrogen and oxygen atoms in total. The molecule has 0 spiro atoms. The zero-order valence-corrected chi connectivity index (χ0v) is 22.9. The molecule has 3 amide bonds. The fourth-order valence-electron chi connectivity index (χ4n) is 5.71. The number of amides is 3. The number of anilines is 1. The summed E-state index contributed by atoms with van der Waals surface area (Å²) in [5.74, 6) is -2.87. The summed E-state index contributed by atoms with van der Waals surface area (Å²) in [6.07, 6.45) is 5.95. The molecule has 2 bridgehead atoms. The Morgan fingerprint density at radius 1 is 1.30 bits per heavy atom. The van der Waals surface area contributed by atoms with E-state index in [9.17, 15) is 28.7 Å². The fourth-order valence-corrected chi connectivity index (χ4v) is 7.46. The first-order chi connectivity index (χ1) is 19.1. The molecule has 6 heterocycles. The molecule has 5 aliphatic rings. The first kappa shape index (κ1) is 28.0. The molecule has 0 saturated carbocycles. The number of thioether (sulfide) groups is 1. The van der Waals surface area contributed by atoms with E-state index in [2.05, 4.69) is 24.7 Å². The number of alkyl halides is 1. The van der Waals surface area contributed by atoms with E-state index in [0.29, 0.717) is 17.9 Å². The summed E-state index contributed by atoms with van der Waals surface area (Å²) in [6, 6.07) is -1.05. The Bertz CT molecular complexity index is 1320. The van der Waals surface area contributed by atoms with Crippen molar-refractivity contribution in [2.75, 3.05) is 44.5 Å². The number of carbonyl (C=O) groups is 4. The highest BCUT2D eigenvalue weighted by atomic mass is 32.2. The number of allylic oxidation sites excluding steroid dienone is 1. The number of rotatable bonds is 10. The fraction of sp³-hybridized carbons (Fsp3) is 0.522. The molecule has 4 saturated heterocycles. The van der Waals surface area contributed by atoms with Crippen LogP contribution in [0.5, 0.6) is 0 Å². The summed E-state index contributed by atoms with van der Waals surface area (Å²) in [5.41, 5.74) is 10.7. The Labute approximate surface area is 236 Å². The number of nitrogens with two attached hydrogens (primary N) is 2. The Balaban J connectivity index is 1.27. The van der Waals surface area contributed by atoms with Crippen molar-refractivity contribution in [2.24, 2.45) is 16.3 Å². The van der Waals surface area contributed by atoms with Gasteiger partial charge in [0.15, 0.2) is 5.13 Å². The number of halogens is 1. The molecule has 17 heteroatoms. The quantitative estimate of drug-likeness (QED) is 0.119. The van der Waals surface area contributed by atoms with Crippen LogP contribution < -0.4 is 16.8 Å². The molecule has 214 valence electrons. The maximum Gasteiger partial charge on any atom is 0.352 e. The number of quaternary nitrogens is 1. The molecule has 0 radical (unpaired) electrons. The molecular weight excluding hydrogens is 567 g/mol. The number of carbonyl (C=O) groups excluding carboxylic acids is 3. The van der Waals surface area contributed by atoms with Gasteiger partial charge < -0.3 is 31.2 Å². The molecule has 1 aromatic heterocycles. The molecular formula is C23H28FN8O6S2+. The topological polar surface area (TPSA) is 203 Å². The van der Waals surface area contributed by atoms with Gasteiger partial charge in [-0.1, -0.05) is 11.2 Å². The van der Waals surface area contributed by atoms with Crippen molar-refractivity contribution < 1.29 is 38.0 Å². The van der Waals surface area contributed by atoms with Gasteiger partial charge >= 0.3 is 5.97 Å². The maximum absolute atomic E-state index is 13.0. The Morgan fingerprint density at radius 2 is 2.00 bits per heavy atom. The number of fused-ring (bicyclic) bond motifs is 4. The largest absolute Gasteiger partial charge is 0.477 e. The number of aromatic nitrogens is 2. The molecule has 6 N–H and O–H groups in total. The van der Waals surface area contributed by atoms with Crippen LogP contribution in [0.15, 0.2) is 28.6 Å². The minimum Gasteiger partial charge on any atom is -0.477 e. The van der Waals surface area contributed by atoms with Crippen LogP contribution in [-0.2, 0) is 24.0 Å². The first-order valence-corrected chi connectivity index (χ1v) is 14.3. The number of primary amides is 1. The summed E-state index contributed by atoms with van der Waals surface area (Å²) in [6.45, 7) is 1.90. The standard InChI is InChI=1S/C23H27FN8O6S2/c24-11-38-29-13(16-28-22(26)40-30-16)17(33)27-14-18(34)31-15(20(35)36)12(10-39-19(14)31)2-1-6-32-7-3-23(4-8-32,5-9-32)21(25)37/h1-2,14,19H,3-11H2,(H5-,25,26,27,28,30,33,35,36,37)/p+1/t14-,19+,23?,32?/m1/s1. The van der Waals surface area contributed by atoms with Crippen LogP contribution in [0.25, 0.3) is 0 Å². The number of β-lactam (4-membered cyclic amide) rings is 1. The van der Waals surface area contributed by atoms with Gasteiger partial charge in [0, 0.05) is 36.5 Å². The summed E-state index contributed by atoms with van der Waals surface area (Å²) in [7, 11) is 0. The highest BCUT2D eigenvalue weighted by molar-refractivity contribution is 8.00. The Morgan fingerprint density at radius 3 is 2.58 bits per heavy atom. The summed E-state index contributed by atoms with van der Waals surface area (Å²) < 4.78 is 17.2. The molecule has 1 aromatic rings. The monoisotopic (exact) mass is 595 g/mol. The lowest BCUT2D eigenvalue weighted by molar-refractivity contribution is -0.939. The average molecular weight is 596 g/mol. The van der Waals surface area contributed by atoms with Crippen LogP contribution in [0.3, 0.4) is 0 Å². The van der Waals surface area contributed by atoms with Crippen molar-refractivity contribution in [1.82, 2.24) is 19.6 Å². The van der Waals surface area contributed by atoms with Gasteiger partial charge in [-0.15, -0.1) is 11.8 Å². The van der Waals surface area contributed by atoms with E-state index in [4.69, 9.17) is 11.5 Å². The number of hydrogen-bond donors (Lipinski definition) is 4. The van der Waals surface area contributed by atoms with Crippen molar-refractivity contribution in [3.8, 4) is 0 Å². The Kier molecular flexibility index (Phi) is 7.54. The molecule has 40 heavy (non-hydrogen) atoms. The van der Waals surface area contributed by atoms with Crippen molar-refractivity contribution >= 4 is 57.8 Å². The number of oxime groups is 1. The molecule has 5 aliphatic heterocycles. The smallest absolute Gasteiger partial charge is 0.352 e. The molecule has 4 fully saturated rings. The third-order valence-corrected chi connectivity index (χ3v) is 9.93. The second-order valence-corrected chi connectivity index (χ2v) is 12.1. The summed E-state index contributed by atoms with van der Waals surface area (Å²) in [5, 5.41) is 15.3. The van der Waals surface area contributed by atoms with Crippen LogP contribution in [0.2, 0.25) is 0 Å². The van der Waals surface area contributed by atoms with Crippen LogP contribution in [0, 0.1) is 5.41 Å². The zero-order chi connectivity index (χ0) is 28.7. The van der Waals surface area contributed by atoms with Crippen LogP contribution in [0.4, 0.5) is 9.52 Å². The van der Waals surface area contributed by atoms with Crippen molar-refractivity contribution in [1.29, 1.82) is 0 Å². The zero-order valence-electron chi connectivity index (χ0n) is 21.2. The lowest BCUT2D eigenvalue weighted by atomic mass is 9.70. The van der Waals surface area contributed by atoms with Gasteiger partial charge in [-0.25, -0.2) is 9.18 Å². The molecule has 0 aliphatic carbocycles. The number of nitrogens with zero attached hydrogens (tertiary/aromatic N) is 5. The van der Waals surface area contributed by atoms with E-state index in [1.54, 1.807) is 6.08 Å². The van der Waals surface area contributed by atoms with Crippen LogP contribution in [-0.4, -0.2) is 103 Å². The summed E-state index contributed by atoms with van der Waals surface area (Å²) >= 11 is 2.10. The van der Waals surface area contributed by atoms with E-state index in [1.807, 2.05) is 6.08 Å². The lowest BCUT2D eigenvalue weighted by Gasteiger charge is -2.53. The molecule has 0 unspecified atom stereocenters. The van der Waals surface area contributed by atoms with Crippen molar-refractivity contribution in [2.45, 2.75) is 30.7 Å². The molecule has 2 atom stereocenters. The highest BCUT2D eigenvalue weighted by Crippen LogP contribution is 2.44. The number of aliphatic carboxylic acids is 1. The SMILES string of the molecule is NC(=O)C12CC[N+](CC=CC3=C(C(=O)O)N4C(=O)[C@@H](NC(=O)C(=NOCF)c5nsc(N)n5)[C@@H]4SC3)(CC1)CC2. The van der Waals surface area contributed by atoms with Crippen molar-refractivity contribution in [3.63, 3.8) is 0 Å². The van der Waals surface area contributed by atoms with E-state index in [1.165, 1.54) is 11.8 Å². The van der Waals surface area contributed by atoms with Crippen LogP contribution in [0.1, 0.15) is 25.1 Å². The summed E-state index contributed by atoms with van der Waals surface area (Å²) in [4.78, 5) is 59.4. The van der Waals surface area contributed by atoms with E-state index in [0.717, 1.165) is 59.8 Å². The molecule has 0 aromatic carbocycles. The van der Waals surface area contributed by atoms with Gasteiger partial charge in [0.05, 0.1) is 31.6 Å². The predicted octanol–water partition coefficient (Wildman–Crippen LogP) is -0.451. The second kappa shape index (κ2) is 10.8. The van der Waals surface area contributed by atoms with Gasteiger partial charge in [-0.3, -0.25) is 19.3 Å². The third-order valence-electron chi connectivity index (χ3n) is 8.09. The second-order valence-electron chi connectivity index (χ2n) is 10.2. The minimum absolute atomic E-state index is 0.0467. The average Bonchev–Trinajstić information content (AvgIpc) is 3.38. The highest BCUT2D eigenvalue weighted by Gasteiger charge is 2.55. The predicted molar refractivity (Wildman–Crippen MR) is 142 cm³/mol. The van der Waals surface area contributed by atoms with Crippen LogP contribution >= 0.6 is 23.3 Å². The van der Waals surface area contributed by atoms with Gasteiger partial charge in [-0.2, -0.15) is 9.36 Å². The Hall–Kier alpha value is -3.57. The lowest BCUT2D eigenvalue weighted by Crippen LogP contribution is -2.71. The minimum atomic E-state index is -1.30. The number of carboxylic acids is 1. The number of piperidine rings is 3. The first-order valence-electron chi connectivity index (χ1n) is 12.5. The maximum atomic E-state index is 13.0. The number of nitrogens with one attached hydrogen (secondary N) is 1. The van der Waals surface area contributed by atoms with E-state index < -0.39 is 47.2 Å². The van der Waals surface area contributed by atoms with Gasteiger partial charge in [0.1, 0.15) is 17.1 Å². The number of hydrogen-bond acceptors (Lipinski definition) is 11. The normalized spacial score (nSPS) is 29.8. The van der Waals surface area contributed by atoms with Crippen molar-refractivity contribution in [3.05, 3.63) is 29.2 Å². The molecule has 6 rings (SSSR count).